The minimum atomic E-state index is -0.946. The van der Waals surface area contributed by atoms with E-state index in [0.717, 1.165) is 11.1 Å². The van der Waals surface area contributed by atoms with Crippen LogP contribution in [-0.2, 0) is 13.0 Å². The lowest BCUT2D eigenvalue weighted by atomic mass is 10.1. The summed E-state index contributed by atoms with van der Waals surface area (Å²) in [4.78, 5) is 6.63. The van der Waals surface area contributed by atoms with E-state index in [2.05, 4.69) is 15.0 Å². The number of likely N-dealkylation sites (tertiary alicyclic amines) is 1. The molecule has 0 spiro atoms. The zero-order chi connectivity index (χ0) is 19.5. The molecule has 3 aromatic rings. The van der Waals surface area contributed by atoms with Crippen LogP contribution in [0.5, 0.6) is 0 Å². The molecule has 1 fully saturated rings. The van der Waals surface area contributed by atoms with Crippen LogP contribution in [0.2, 0.25) is 0 Å². The lowest BCUT2D eigenvalue weighted by Gasteiger charge is -2.21. The normalized spacial score (nSPS) is 21.1. The van der Waals surface area contributed by atoms with Gasteiger partial charge in [0.1, 0.15) is 0 Å². The topological polar surface area (TPSA) is 110 Å². The highest BCUT2D eigenvalue weighted by Crippen LogP contribution is 2.32. The largest absolute Gasteiger partial charge is 0.595 e. The summed E-state index contributed by atoms with van der Waals surface area (Å²) >= 11 is 0. The van der Waals surface area contributed by atoms with Crippen LogP contribution in [0.3, 0.4) is 0 Å². The van der Waals surface area contributed by atoms with Crippen molar-refractivity contribution in [2.75, 3.05) is 6.54 Å². The molecule has 146 valence electrons. The van der Waals surface area contributed by atoms with Crippen LogP contribution in [0, 0.1) is 5.21 Å². The lowest BCUT2D eigenvalue weighted by Crippen LogP contribution is -2.99. The van der Waals surface area contributed by atoms with Crippen LogP contribution in [0.1, 0.15) is 35.3 Å². The Morgan fingerprint density at radius 3 is 2.57 bits per heavy atom. The summed E-state index contributed by atoms with van der Waals surface area (Å²) < 4.78 is 5.50. The Labute approximate surface area is 162 Å². The van der Waals surface area contributed by atoms with Gasteiger partial charge in [-0.1, -0.05) is 47.6 Å². The molecular weight excluding hydrogens is 360 g/mol. The SMILES string of the molecule is [O-][NH+](O)c1ccc(CN2C[C@H](O)C[C@H]2c2nc(Cc3ccccc3)no2)cc1. The fourth-order valence-corrected chi connectivity index (χ4v) is 3.55. The van der Waals surface area contributed by atoms with Crippen molar-refractivity contribution in [2.24, 2.45) is 0 Å². The average molecular weight is 382 g/mol. The lowest BCUT2D eigenvalue weighted by molar-refractivity contribution is -0.991. The number of aromatic nitrogens is 2. The molecule has 1 unspecified atom stereocenters. The standard InChI is InChI=1S/C20H22N4O4/c25-17-11-18(20-21-19(22-28-20)10-14-4-2-1-3-5-14)23(13-17)12-15-6-8-16(9-7-15)24(26)27/h1-9,17-18,24-26H,10-13H2/t17-,18+/m1/s1. The summed E-state index contributed by atoms with van der Waals surface area (Å²) in [6.45, 7) is 1.07. The van der Waals surface area contributed by atoms with Crippen LogP contribution in [0.15, 0.2) is 59.1 Å². The maximum absolute atomic E-state index is 11.0. The molecule has 2 aromatic carbocycles. The van der Waals surface area contributed by atoms with Crippen molar-refractivity contribution in [2.45, 2.75) is 31.5 Å². The highest BCUT2D eigenvalue weighted by Gasteiger charge is 2.35. The van der Waals surface area contributed by atoms with Gasteiger partial charge in [-0.05, 0) is 17.5 Å². The molecule has 0 bridgehead atoms. The molecule has 1 saturated heterocycles. The fraction of sp³-hybridized carbons (Fsp3) is 0.300. The summed E-state index contributed by atoms with van der Waals surface area (Å²) in [5.41, 5.74) is 2.33. The summed E-state index contributed by atoms with van der Waals surface area (Å²) in [6, 6.07) is 16.5. The molecule has 8 heteroatoms. The molecule has 0 radical (unpaired) electrons. The monoisotopic (exact) mass is 382 g/mol. The molecule has 1 aliphatic heterocycles. The van der Waals surface area contributed by atoms with Gasteiger partial charge in [-0.2, -0.15) is 10.2 Å². The molecule has 3 atom stereocenters. The number of aliphatic hydroxyl groups is 1. The van der Waals surface area contributed by atoms with Crippen LogP contribution in [0.25, 0.3) is 0 Å². The third kappa shape index (κ3) is 4.27. The first kappa shape index (κ1) is 18.7. The second kappa shape index (κ2) is 8.17. The van der Waals surface area contributed by atoms with E-state index in [1.165, 1.54) is 0 Å². The molecule has 1 aliphatic rings. The predicted molar refractivity (Wildman–Crippen MR) is 99.5 cm³/mol. The van der Waals surface area contributed by atoms with Gasteiger partial charge < -0.3 is 14.8 Å². The Kier molecular flexibility index (Phi) is 5.47. The van der Waals surface area contributed by atoms with Gasteiger partial charge in [-0.25, -0.2) is 5.21 Å². The summed E-state index contributed by atoms with van der Waals surface area (Å²) in [6.07, 6.45) is 0.656. The minimum absolute atomic E-state index is 0.161. The van der Waals surface area contributed by atoms with Gasteiger partial charge in [0.25, 0.3) is 0 Å². The zero-order valence-corrected chi connectivity index (χ0v) is 15.2. The first-order valence-electron chi connectivity index (χ1n) is 9.19. The molecule has 0 saturated carbocycles. The highest BCUT2D eigenvalue weighted by molar-refractivity contribution is 5.32. The number of nitrogens with one attached hydrogen (secondary N) is 1. The smallest absolute Gasteiger partial charge is 0.244 e. The van der Waals surface area contributed by atoms with Gasteiger partial charge in [-0.15, -0.1) is 0 Å². The Bertz CT molecular complexity index is 898. The summed E-state index contributed by atoms with van der Waals surface area (Å²) in [7, 11) is 0. The Hall–Kier alpha value is -2.62. The van der Waals surface area contributed by atoms with Crippen LogP contribution in [0.4, 0.5) is 5.69 Å². The van der Waals surface area contributed by atoms with Crippen molar-refractivity contribution in [3.8, 4) is 0 Å². The molecule has 2 heterocycles. The zero-order valence-electron chi connectivity index (χ0n) is 15.2. The number of quaternary nitrogens is 1. The summed E-state index contributed by atoms with van der Waals surface area (Å²) in [5.74, 6) is 1.12. The van der Waals surface area contributed by atoms with Gasteiger partial charge >= 0.3 is 0 Å². The highest BCUT2D eigenvalue weighted by atomic mass is 16.8. The van der Waals surface area contributed by atoms with E-state index in [0.29, 0.717) is 37.6 Å². The second-order valence-corrected chi connectivity index (χ2v) is 7.05. The molecule has 28 heavy (non-hydrogen) atoms. The van der Waals surface area contributed by atoms with E-state index < -0.39 is 11.3 Å². The van der Waals surface area contributed by atoms with Gasteiger partial charge in [0, 0.05) is 31.6 Å². The number of rotatable bonds is 6. The maximum Gasteiger partial charge on any atom is 0.244 e. The molecule has 3 N–H and O–H groups in total. The first-order chi connectivity index (χ1) is 13.6. The molecule has 0 aliphatic carbocycles. The van der Waals surface area contributed by atoms with E-state index in [9.17, 15) is 10.3 Å². The Morgan fingerprint density at radius 2 is 1.86 bits per heavy atom. The Morgan fingerprint density at radius 1 is 1.11 bits per heavy atom. The first-order valence-corrected chi connectivity index (χ1v) is 9.19. The van der Waals surface area contributed by atoms with E-state index in [1.807, 2.05) is 30.3 Å². The number of aliphatic hydroxyl groups excluding tert-OH is 1. The molecular formula is C20H22N4O4. The summed E-state index contributed by atoms with van der Waals surface area (Å²) in [5, 5.41) is 33.3. The van der Waals surface area contributed by atoms with Crippen LogP contribution >= 0.6 is 0 Å². The molecule has 1 aromatic heterocycles. The van der Waals surface area contributed by atoms with Gasteiger partial charge in [0.2, 0.25) is 5.89 Å². The van der Waals surface area contributed by atoms with Crippen molar-refractivity contribution in [1.29, 1.82) is 0 Å². The van der Waals surface area contributed by atoms with Gasteiger partial charge in [0.15, 0.2) is 11.5 Å². The van der Waals surface area contributed by atoms with E-state index >= 15 is 0 Å². The number of β-amino-alcohol motifs (C(OH)–C–C–N with tert-alkyl or cyclic N) is 1. The van der Waals surface area contributed by atoms with Crippen LogP contribution in [-0.4, -0.2) is 38.0 Å². The van der Waals surface area contributed by atoms with E-state index in [4.69, 9.17) is 9.73 Å². The third-order valence-corrected chi connectivity index (χ3v) is 4.94. The third-order valence-electron chi connectivity index (χ3n) is 4.94. The second-order valence-electron chi connectivity index (χ2n) is 7.05. The number of benzene rings is 2. The molecule has 8 nitrogen and oxygen atoms in total. The fourth-order valence-electron chi connectivity index (χ4n) is 3.55. The number of hydrogen-bond acceptors (Lipinski definition) is 7. The van der Waals surface area contributed by atoms with Crippen LogP contribution < -0.4 is 5.23 Å². The van der Waals surface area contributed by atoms with Crippen molar-refractivity contribution in [3.05, 3.63) is 82.6 Å². The molecule has 4 rings (SSSR count). The van der Waals surface area contributed by atoms with Gasteiger partial charge in [0.05, 0.1) is 12.1 Å². The van der Waals surface area contributed by atoms with Crippen molar-refractivity contribution < 1.29 is 20.1 Å². The minimum Gasteiger partial charge on any atom is -0.595 e. The van der Waals surface area contributed by atoms with Crippen molar-refractivity contribution in [1.82, 2.24) is 15.0 Å². The number of nitrogens with zero attached hydrogens (tertiary/aromatic N) is 3. The maximum atomic E-state index is 11.0. The van der Waals surface area contributed by atoms with Crippen molar-refractivity contribution in [3.63, 3.8) is 0 Å². The number of hydrogen-bond donors (Lipinski definition) is 3. The van der Waals surface area contributed by atoms with Gasteiger partial charge in [-0.3, -0.25) is 4.90 Å². The quantitative estimate of drug-likeness (QED) is 0.552. The van der Waals surface area contributed by atoms with Crippen molar-refractivity contribution >= 4 is 5.69 Å². The Balaban J connectivity index is 1.47. The van der Waals surface area contributed by atoms with E-state index in [-0.39, 0.29) is 11.7 Å². The molecule has 0 amide bonds. The predicted octanol–water partition coefficient (Wildman–Crippen LogP) is 1.37. The average Bonchev–Trinajstić information content (AvgIpc) is 3.29. The van der Waals surface area contributed by atoms with E-state index in [1.54, 1.807) is 24.3 Å².